The molecular formula is C11H8ClN3O. The lowest BCUT2D eigenvalue weighted by atomic mass is 10.1. The summed E-state index contributed by atoms with van der Waals surface area (Å²) in [5.74, 6) is -0.148. The molecule has 0 saturated heterocycles. The summed E-state index contributed by atoms with van der Waals surface area (Å²) in [6.07, 6.45) is 3.03. The first-order valence-electron chi connectivity index (χ1n) is 4.56. The number of nitrogens with zero attached hydrogens (tertiary/aromatic N) is 2. The summed E-state index contributed by atoms with van der Waals surface area (Å²) in [6, 6.07) is 6.50. The Morgan fingerprint density at radius 3 is 2.56 bits per heavy atom. The van der Waals surface area contributed by atoms with Gasteiger partial charge in [-0.25, -0.2) is 4.98 Å². The summed E-state index contributed by atoms with van der Waals surface area (Å²) in [5.41, 5.74) is 6.10. The molecule has 0 amide bonds. The zero-order chi connectivity index (χ0) is 11.5. The van der Waals surface area contributed by atoms with Crippen LogP contribution in [0.4, 0.5) is 5.82 Å². The quantitative estimate of drug-likeness (QED) is 0.805. The highest BCUT2D eigenvalue weighted by atomic mass is 35.5. The van der Waals surface area contributed by atoms with Crippen LogP contribution in [0.3, 0.4) is 0 Å². The third-order valence-electron chi connectivity index (χ3n) is 2.06. The molecule has 5 heteroatoms. The molecule has 0 aromatic carbocycles. The van der Waals surface area contributed by atoms with E-state index >= 15 is 0 Å². The van der Waals surface area contributed by atoms with E-state index in [1.54, 1.807) is 24.3 Å². The summed E-state index contributed by atoms with van der Waals surface area (Å²) in [6.45, 7) is 0. The second kappa shape index (κ2) is 4.28. The van der Waals surface area contributed by atoms with Crippen LogP contribution in [0.2, 0.25) is 5.02 Å². The Labute approximate surface area is 97.1 Å². The van der Waals surface area contributed by atoms with E-state index < -0.39 is 0 Å². The third kappa shape index (κ3) is 1.87. The van der Waals surface area contributed by atoms with Crippen molar-refractivity contribution < 1.29 is 4.79 Å². The van der Waals surface area contributed by atoms with E-state index in [4.69, 9.17) is 17.3 Å². The van der Waals surface area contributed by atoms with Crippen LogP contribution in [0.25, 0.3) is 0 Å². The molecule has 0 atom stereocenters. The Morgan fingerprint density at radius 1 is 1.19 bits per heavy atom. The summed E-state index contributed by atoms with van der Waals surface area (Å²) >= 11 is 5.88. The molecule has 2 aromatic rings. The van der Waals surface area contributed by atoms with Gasteiger partial charge in [0.15, 0.2) is 0 Å². The highest BCUT2D eigenvalue weighted by Crippen LogP contribution is 2.18. The van der Waals surface area contributed by atoms with Gasteiger partial charge in [0, 0.05) is 12.4 Å². The largest absolute Gasteiger partial charge is 0.383 e. The van der Waals surface area contributed by atoms with Crippen molar-refractivity contribution in [2.75, 3.05) is 5.73 Å². The first-order chi connectivity index (χ1) is 7.70. The van der Waals surface area contributed by atoms with Crippen molar-refractivity contribution in [3.8, 4) is 0 Å². The van der Waals surface area contributed by atoms with Gasteiger partial charge in [-0.1, -0.05) is 11.6 Å². The molecular weight excluding hydrogens is 226 g/mol. The molecule has 2 rings (SSSR count). The normalized spacial score (nSPS) is 10.1. The van der Waals surface area contributed by atoms with E-state index in [9.17, 15) is 4.79 Å². The topological polar surface area (TPSA) is 68.9 Å². The molecule has 0 saturated carbocycles. The lowest BCUT2D eigenvalue weighted by Gasteiger charge is -2.03. The number of hydrogen-bond donors (Lipinski definition) is 1. The Morgan fingerprint density at radius 2 is 1.88 bits per heavy atom. The Kier molecular flexibility index (Phi) is 2.83. The molecule has 0 aliphatic carbocycles. The predicted octanol–water partition coefficient (Wildman–Crippen LogP) is 1.94. The average Bonchev–Trinajstić information content (AvgIpc) is 2.29. The van der Waals surface area contributed by atoms with Gasteiger partial charge in [-0.3, -0.25) is 9.78 Å². The average molecular weight is 234 g/mol. The smallest absolute Gasteiger partial charge is 0.216 e. The molecule has 0 aliphatic heterocycles. The number of rotatable bonds is 2. The number of halogens is 1. The van der Waals surface area contributed by atoms with Crippen molar-refractivity contribution in [3.05, 3.63) is 52.9 Å². The fourth-order valence-corrected chi connectivity index (χ4v) is 1.50. The molecule has 80 valence electrons. The highest BCUT2D eigenvalue weighted by Gasteiger charge is 2.16. The molecule has 0 aliphatic rings. The van der Waals surface area contributed by atoms with Crippen LogP contribution < -0.4 is 5.73 Å². The van der Waals surface area contributed by atoms with Gasteiger partial charge < -0.3 is 5.73 Å². The zero-order valence-corrected chi connectivity index (χ0v) is 8.98. The third-order valence-corrected chi connectivity index (χ3v) is 2.36. The molecule has 2 N–H and O–H groups in total. The van der Waals surface area contributed by atoms with Gasteiger partial charge in [0.25, 0.3) is 0 Å². The Hall–Kier alpha value is -1.94. The number of nitrogen functional groups attached to an aromatic ring is 1. The van der Waals surface area contributed by atoms with E-state index in [1.165, 1.54) is 12.4 Å². The maximum absolute atomic E-state index is 12.0. The zero-order valence-electron chi connectivity index (χ0n) is 8.22. The van der Waals surface area contributed by atoms with E-state index in [0.29, 0.717) is 10.6 Å². The van der Waals surface area contributed by atoms with Crippen LogP contribution in [-0.2, 0) is 0 Å². The minimum absolute atomic E-state index is 0.175. The van der Waals surface area contributed by atoms with Crippen molar-refractivity contribution in [1.82, 2.24) is 9.97 Å². The van der Waals surface area contributed by atoms with Gasteiger partial charge in [-0.15, -0.1) is 0 Å². The van der Waals surface area contributed by atoms with Gasteiger partial charge in [-0.2, -0.15) is 0 Å². The van der Waals surface area contributed by atoms with E-state index in [1.807, 2.05) is 0 Å². The molecule has 0 radical (unpaired) electrons. The molecule has 2 aromatic heterocycles. The summed E-state index contributed by atoms with van der Waals surface area (Å²) in [5, 5.41) is 0.302. The van der Waals surface area contributed by atoms with Gasteiger partial charge in [0.1, 0.15) is 11.5 Å². The number of anilines is 1. The molecule has 0 spiro atoms. The summed E-state index contributed by atoms with van der Waals surface area (Å²) < 4.78 is 0. The molecule has 16 heavy (non-hydrogen) atoms. The Balaban J connectivity index is 2.48. The number of aromatic nitrogens is 2. The fraction of sp³-hybridized carbons (Fsp3) is 0. The maximum atomic E-state index is 12.0. The van der Waals surface area contributed by atoms with E-state index in [-0.39, 0.29) is 17.3 Å². The minimum atomic E-state index is -0.323. The fourth-order valence-electron chi connectivity index (χ4n) is 1.29. The number of nitrogens with two attached hydrogens (primary N) is 1. The van der Waals surface area contributed by atoms with Crippen molar-refractivity contribution in [2.45, 2.75) is 0 Å². The van der Waals surface area contributed by atoms with Crippen LogP contribution >= 0.6 is 11.6 Å². The van der Waals surface area contributed by atoms with Crippen molar-refractivity contribution >= 4 is 23.2 Å². The standard InChI is InChI=1S/C11H8ClN3O/c12-8-4-2-5-14-9(8)10(16)7-3-1-6-15-11(7)13/h1-6H,(H2,13,15). The number of ketones is 1. The number of hydrogen-bond acceptors (Lipinski definition) is 4. The first kappa shape index (κ1) is 10.6. The van der Waals surface area contributed by atoms with Crippen LogP contribution in [0.15, 0.2) is 36.7 Å². The van der Waals surface area contributed by atoms with Gasteiger partial charge in [0.05, 0.1) is 10.6 Å². The Bertz CT molecular complexity index is 495. The van der Waals surface area contributed by atoms with Gasteiger partial charge >= 0.3 is 0 Å². The van der Waals surface area contributed by atoms with Crippen LogP contribution in [-0.4, -0.2) is 15.8 Å². The minimum Gasteiger partial charge on any atom is -0.383 e. The molecule has 0 bridgehead atoms. The molecule has 0 unspecified atom stereocenters. The van der Waals surface area contributed by atoms with Gasteiger partial charge in [-0.05, 0) is 24.3 Å². The molecule has 0 fully saturated rings. The van der Waals surface area contributed by atoms with Crippen molar-refractivity contribution in [1.29, 1.82) is 0 Å². The summed E-state index contributed by atoms with van der Waals surface area (Å²) in [4.78, 5) is 19.8. The summed E-state index contributed by atoms with van der Waals surface area (Å²) in [7, 11) is 0. The van der Waals surface area contributed by atoms with Crippen molar-refractivity contribution in [3.63, 3.8) is 0 Å². The van der Waals surface area contributed by atoms with E-state index in [2.05, 4.69) is 9.97 Å². The predicted molar refractivity (Wildman–Crippen MR) is 61.3 cm³/mol. The van der Waals surface area contributed by atoms with Crippen molar-refractivity contribution in [2.24, 2.45) is 0 Å². The van der Waals surface area contributed by atoms with Crippen LogP contribution in [0.5, 0.6) is 0 Å². The number of pyridine rings is 2. The second-order valence-electron chi connectivity index (χ2n) is 3.10. The molecule has 2 heterocycles. The lowest BCUT2D eigenvalue weighted by Crippen LogP contribution is -2.08. The van der Waals surface area contributed by atoms with Gasteiger partial charge in [0.2, 0.25) is 5.78 Å². The monoisotopic (exact) mass is 233 g/mol. The van der Waals surface area contributed by atoms with Crippen LogP contribution in [0, 0.1) is 0 Å². The number of carbonyl (C=O) groups excluding carboxylic acids is 1. The highest BCUT2D eigenvalue weighted by molar-refractivity contribution is 6.34. The maximum Gasteiger partial charge on any atom is 0.216 e. The first-order valence-corrected chi connectivity index (χ1v) is 4.93. The van der Waals surface area contributed by atoms with Crippen LogP contribution in [0.1, 0.15) is 16.1 Å². The lowest BCUT2D eigenvalue weighted by molar-refractivity contribution is 0.103. The SMILES string of the molecule is Nc1ncccc1C(=O)c1ncccc1Cl. The number of carbonyl (C=O) groups is 1. The second-order valence-corrected chi connectivity index (χ2v) is 3.51. The van der Waals surface area contributed by atoms with E-state index in [0.717, 1.165) is 0 Å². The molecule has 4 nitrogen and oxygen atoms in total.